The maximum atomic E-state index is 12.6. The Balaban J connectivity index is 1.55. The van der Waals surface area contributed by atoms with Gasteiger partial charge in [0.15, 0.2) is 11.0 Å². The molecule has 2 amide bonds. The topological polar surface area (TPSA) is 71.8 Å². The van der Waals surface area contributed by atoms with Crippen molar-refractivity contribution in [2.45, 2.75) is 38.2 Å². The summed E-state index contributed by atoms with van der Waals surface area (Å²) in [6, 6.07) is 21.4. The van der Waals surface area contributed by atoms with E-state index in [1.54, 1.807) is 11.8 Å². The lowest BCUT2D eigenvalue weighted by Crippen LogP contribution is -2.29. The van der Waals surface area contributed by atoms with E-state index >= 15 is 0 Å². The number of nitrogens with one attached hydrogen (secondary N) is 2. The number of urea groups is 1. The maximum absolute atomic E-state index is 12.6. The number of hydrogen-bond donors (Lipinski definition) is 2. The Kier molecular flexibility index (Phi) is 7.55. The first-order valence-electron chi connectivity index (χ1n) is 10.9. The number of aryl methyl sites for hydroxylation is 3. The van der Waals surface area contributed by atoms with E-state index in [0.717, 1.165) is 33.4 Å². The third-order valence-electron chi connectivity index (χ3n) is 5.50. The largest absolute Gasteiger partial charge is 0.331 e. The first kappa shape index (κ1) is 23.9. The minimum absolute atomic E-state index is 0.210. The second-order valence-electron chi connectivity index (χ2n) is 8.05. The smallest absolute Gasteiger partial charge is 0.319 e. The SMILES string of the molecule is Cc1ccc(NC(=O)NCc2nnc(SCc3ccccc3)n2-c2cc(Cl)ccc2C)cc1C. The van der Waals surface area contributed by atoms with Gasteiger partial charge in [0, 0.05) is 16.5 Å². The van der Waals surface area contributed by atoms with Crippen molar-refractivity contribution in [2.75, 3.05) is 5.32 Å². The standard InChI is InChI=1S/C26H26ClN5OS/c1-17-10-12-22(13-19(17)3)29-25(33)28-15-24-30-31-26(34-16-20-7-5-4-6-8-20)32(24)23-14-21(27)11-9-18(23)2/h4-14H,15-16H2,1-3H3,(H2,28,29,33). The van der Waals surface area contributed by atoms with Crippen molar-refractivity contribution in [1.82, 2.24) is 20.1 Å². The summed E-state index contributed by atoms with van der Waals surface area (Å²) in [5.41, 5.74) is 6.15. The van der Waals surface area contributed by atoms with E-state index in [-0.39, 0.29) is 12.6 Å². The summed E-state index contributed by atoms with van der Waals surface area (Å²) in [4.78, 5) is 12.6. The van der Waals surface area contributed by atoms with E-state index in [9.17, 15) is 4.79 Å². The van der Waals surface area contributed by atoms with Crippen molar-refractivity contribution < 1.29 is 4.79 Å². The lowest BCUT2D eigenvalue weighted by atomic mass is 10.1. The predicted octanol–water partition coefficient (Wildman–Crippen LogP) is 6.46. The second kappa shape index (κ2) is 10.8. The van der Waals surface area contributed by atoms with E-state index in [1.165, 1.54) is 11.1 Å². The molecule has 8 heteroatoms. The summed E-state index contributed by atoms with van der Waals surface area (Å²) in [5, 5.41) is 15.9. The van der Waals surface area contributed by atoms with Crippen LogP contribution in [-0.2, 0) is 12.3 Å². The molecule has 0 atom stereocenters. The van der Waals surface area contributed by atoms with Crippen LogP contribution in [0.2, 0.25) is 5.02 Å². The van der Waals surface area contributed by atoms with Crippen molar-refractivity contribution in [2.24, 2.45) is 0 Å². The average molecular weight is 492 g/mol. The Morgan fingerprint density at radius 3 is 2.47 bits per heavy atom. The lowest BCUT2D eigenvalue weighted by Gasteiger charge is -2.14. The Morgan fingerprint density at radius 2 is 1.71 bits per heavy atom. The average Bonchev–Trinajstić information content (AvgIpc) is 3.23. The number of anilines is 1. The zero-order valence-electron chi connectivity index (χ0n) is 19.3. The Bertz CT molecular complexity index is 1310. The first-order valence-corrected chi connectivity index (χ1v) is 12.3. The number of nitrogens with zero attached hydrogens (tertiary/aromatic N) is 3. The molecular formula is C26H26ClN5OS. The number of halogens is 1. The lowest BCUT2D eigenvalue weighted by molar-refractivity contribution is 0.251. The van der Waals surface area contributed by atoms with Gasteiger partial charge in [-0.05, 0) is 67.3 Å². The fraction of sp³-hybridized carbons (Fsp3) is 0.192. The highest BCUT2D eigenvalue weighted by Crippen LogP contribution is 2.28. The fourth-order valence-corrected chi connectivity index (χ4v) is 4.54. The molecule has 0 spiro atoms. The molecule has 6 nitrogen and oxygen atoms in total. The van der Waals surface area contributed by atoms with Crippen LogP contribution in [-0.4, -0.2) is 20.8 Å². The normalized spacial score (nSPS) is 10.8. The van der Waals surface area contributed by atoms with Gasteiger partial charge in [-0.1, -0.05) is 65.8 Å². The van der Waals surface area contributed by atoms with Crippen LogP contribution in [0.1, 0.15) is 28.1 Å². The van der Waals surface area contributed by atoms with E-state index in [4.69, 9.17) is 11.6 Å². The number of carbonyl (C=O) groups is 1. The molecule has 0 radical (unpaired) electrons. The number of rotatable bonds is 7. The van der Waals surface area contributed by atoms with Gasteiger partial charge in [0.05, 0.1) is 12.2 Å². The third kappa shape index (κ3) is 5.79. The molecule has 4 aromatic rings. The minimum Gasteiger partial charge on any atom is -0.331 e. The molecule has 0 aliphatic carbocycles. The molecular weight excluding hydrogens is 466 g/mol. The Morgan fingerprint density at radius 1 is 0.941 bits per heavy atom. The van der Waals surface area contributed by atoms with Crippen LogP contribution in [0, 0.1) is 20.8 Å². The second-order valence-corrected chi connectivity index (χ2v) is 9.42. The third-order valence-corrected chi connectivity index (χ3v) is 6.73. The summed E-state index contributed by atoms with van der Waals surface area (Å²) < 4.78 is 1.96. The first-order chi connectivity index (χ1) is 16.4. The molecule has 0 saturated heterocycles. The van der Waals surface area contributed by atoms with Crippen molar-refractivity contribution in [3.8, 4) is 5.69 Å². The molecule has 2 N–H and O–H groups in total. The summed E-state index contributed by atoms with van der Waals surface area (Å²) in [5.74, 6) is 1.37. The highest BCUT2D eigenvalue weighted by atomic mass is 35.5. The summed E-state index contributed by atoms with van der Waals surface area (Å²) in [6.07, 6.45) is 0. The number of thioether (sulfide) groups is 1. The molecule has 1 aromatic heterocycles. The predicted molar refractivity (Wildman–Crippen MR) is 139 cm³/mol. The number of carbonyl (C=O) groups excluding carboxylic acids is 1. The number of aromatic nitrogens is 3. The number of amides is 2. The van der Waals surface area contributed by atoms with Gasteiger partial charge < -0.3 is 10.6 Å². The van der Waals surface area contributed by atoms with Crippen LogP contribution >= 0.6 is 23.4 Å². The van der Waals surface area contributed by atoms with Crippen molar-refractivity contribution >= 4 is 35.1 Å². The van der Waals surface area contributed by atoms with Crippen LogP contribution in [0.3, 0.4) is 0 Å². The molecule has 0 saturated carbocycles. The molecule has 0 aliphatic heterocycles. The van der Waals surface area contributed by atoms with E-state index in [0.29, 0.717) is 10.8 Å². The number of hydrogen-bond acceptors (Lipinski definition) is 4. The van der Waals surface area contributed by atoms with E-state index in [2.05, 4.69) is 33.0 Å². The molecule has 4 rings (SSSR count). The molecule has 174 valence electrons. The van der Waals surface area contributed by atoms with Crippen molar-refractivity contribution in [3.63, 3.8) is 0 Å². The summed E-state index contributed by atoms with van der Waals surface area (Å²) >= 11 is 7.90. The van der Waals surface area contributed by atoms with Crippen LogP contribution in [0.5, 0.6) is 0 Å². The Labute approximate surface area is 208 Å². The van der Waals surface area contributed by atoms with Gasteiger partial charge in [-0.2, -0.15) is 0 Å². The highest BCUT2D eigenvalue weighted by molar-refractivity contribution is 7.98. The molecule has 0 fully saturated rings. The van der Waals surface area contributed by atoms with Crippen LogP contribution < -0.4 is 10.6 Å². The van der Waals surface area contributed by atoms with Crippen LogP contribution in [0.15, 0.2) is 71.9 Å². The highest BCUT2D eigenvalue weighted by Gasteiger charge is 2.17. The van der Waals surface area contributed by atoms with Crippen LogP contribution in [0.4, 0.5) is 10.5 Å². The summed E-state index contributed by atoms with van der Waals surface area (Å²) in [7, 11) is 0. The van der Waals surface area contributed by atoms with Gasteiger partial charge in [0.1, 0.15) is 0 Å². The Hall–Kier alpha value is -3.29. The monoisotopic (exact) mass is 491 g/mol. The van der Waals surface area contributed by atoms with Crippen molar-refractivity contribution in [1.29, 1.82) is 0 Å². The van der Waals surface area contributed by atoms with Gasteiger partial charge in [-0.25, -0.2) is 4.79 Å². The van der Waals surface area contributed by atoms with Gasteiger partial charge in [0.2, 0.25) is 0 Å². The van der Waals surface area contributed by atoms with E-state index < -0.39 is 0 Å². The quantitative estimate of drug-likeness (QED) is 0.291. The molecule has 3 aromatic carbocycles. The molecule has 34 heavy (non-hydrogen) atoms. The van der Waals surface area contributed by atoms with Gasteiger partial charge >= 0.3 is 6.03 Å². The van der Waals surface area contributed by atoms with Crippen LogP contribution in [0.25, 0.3) is 5.69 Å². The molecule has 0 aliphatic rings. The zero-order chi connectivity index (χ0) is 24.1. The molecule has 0 bridgehead atoms. The van der Waals surface area contributed by atoms with Gasteiger partial charge in [-0.15, -0.1) is 10.2 Å². The van der Waals surface area contributed by atoms with E-state index in [1.807, 2.05) is 79.9 Å². The molecule has 0 unspecified atom stereocenters. The number of benzene rings is 3. The van der Waals surface area contributed by atoms with Gasteiger partial charge in [0.25, 0.3) is 0 Å². The maximum Gasteiger partial charge on any atom is 0.319 e. The summed E-state index contributed by atoms with van der Waals surface area (Å²) in [6.45, 7) is 6.28. The minimum atomic E-state index is -0.306. The van der Waals surface area contributed by atoms with Gasteiger partial charge in [-0.3, -0.25) is 4.57 Å². The molecule has 1 heterocycles. The zero-order valence-corrected chi connectivity index (χ0v) is 20.9. The van der Waals surface area contributed by atoms with Crippen molar-refractivity contribution in [3.05, 3.63) is 99.8 Å². The fourth-order valence-electron chi connectivity index (χ4n) is 3.45.